The van der Waals surface area contributed by atoms with Crippen molar-refractivity contribution in [2.75, 3.05) is 17.2 Å². The Morgan fingerprint density at radius 2 is 1.67 bits per heavy atom. The Morgan fingerprint density at radius 1 is 1.00 bits per heavy atom. The van der Waals surface area contributed by atoms with Crippen molar-refractivity contribution < 1.29 is 13.6 Å². The van der Waals surface area contributed by atoms with E-state index in [-0.39, 0.29) is 5.56 Å². The third kappa shape index (κ3) is 4.02. The van der Waals surface area contributed by atoms with Crippen LogP contribution in [0.1, 0.15) is 23.7 Å². The molecule has 0 radical (unpaired) electrons. The van der Waals surface area contributed by atoms with Crippen molar-refractivity contribution in [2.45, 2.75) is 13.3 Å². The van der Waals surface area contributed by atoms with Crippen LogP contribution in [0.15, 0.2) is 42.5 Å². The number of amides is 1. The molecule has 110 valence electrons. The number of halogens is 2. The zero-order valence-corrected chi connectivity index (χ0v) is 11.6. The van der Waals surface area contributed by atoms with Crippen molar-refractivity contribution in [1.82, 2.24) is 0 Å². The Hall–Kier alpha value is -2.43. The first-order valence-corrected chi connectivity index (χ1v) is 6.70. The minimum absolute atomic E-state index is 0.0714. The van der Waals surface area contributed by atoms with E-state index in [9.17, 15) is 13.6 Å². The lowest BCUT2D eigenvalue weighted by Gasteiger charge is -2.08. The molecule has 0 spiro atoms. The van der Waals surface area contributed by atoms with Crippen molar-refractivity contribution >= 4 is 17.3 Å². The molecule has 21 heavy (non-hydrogen) atoms. The number of benzene rings is 2. The maximum absolute atomic E-state index is 13.1. The smallest absolute Gasteiger partial charge is 0.255 e. The first-order valence-electron chi connectivity index (χ1n) is 6.70. The summed E-state index contributed by atoms with van der Waals surface area (Å²) in [4.78, 5) is 11.9. The summed E-state index contributed by atoms with van der Waals surface area (Å²) in [6.45, 7) is 2.95. The van der Waals surface area contributed by atoms with Crippen molar-refractivity contribution in [1.29, 1.82) is 0 Å². The Bertz CT molecular complexity index is 627. The molecule has 0 unspecified atom stereocenters. The molecule has 2 rings (SSSR count). The Morgan fingerprint density at radius 3 is 2.29 bits per heavy atom. The second-order valence-electron chi connectivity index (χ2n) is 4.59. The molecule has 5 heteroatoms. The van der Waals surface area contributed by atoms with Gasteiger partial charge in [0.1, 0.15) is 0 Å². The Kier molecular flexibility index (Phi) is 4.87. The fraction of sp³-hybridized carbons (Fsp3) is 0.188. The average molecular weight is 290 g/mol. The van der Waals surface area contributed by atoms with E-state index >= 15 is 0 Å². The minimum Gasteiger partial charge on any atom is -0.385 e. The van der Waals surface area contributed by atoms with Crippen LogP contribution in [0.25, 0.3) is 0 Å². The van der Waals surface area contributed by atoms with Crippen LogP contribution in [0.5, 0.6) is 0 Å². The normalized spacial score (nSPS) is 10.2. The molecule has 2 aromatic rings. The van der Waals surface area contributed by atoms with E-state index in [0.717, 1.165) is 30.8 Å². The summed E-state index contributed by atoms with van der Waals surface area (Å²) in [6.07, 6.45) is 1.02. The summed E-state index contributed by atoms with van der Waals surface area (Å²) >= 11 is 0. The minimum atomic E-state index is -1.04. The monoisotopic (exact) mass is 290 g/mol. The van der Waals surface area contributed by atoms with Gasteiger partial charge >= 0.3 is 0 Å². The molecule has 0 bridgehead atoms. The zero-order chi connectivity index (χ0) is 15.2. The molecular formula is C16H16F2N2O. The van der Waals surface area contributed by atoms with Gasteiger partial charge in [0.25, 0.3) is 5.91 Å². The maximum atomic E-state index is 13.1. The summed E-state index contributed by atoms with van der Waals surface area (Å²) in [5.74, 6) is -2.50. The van der Waals surface area contributed by atoms with E-state index < -0.39 is 17.5 Å². The van der Waals surface area contributed by atoms with Crippen molar-refractivity contribution in [3.8, 4) is 0 Å². The van der Waals surface area contributed by atoms with Crippen LogP contribution < -0.4 is 10.6 Å². The van der Waals surface area contributed by atoms with Gasteiger partial charge in [0, 0.05) is 23.5 Å². The second kappa shape index (κ2) is 6.83. The van der Waals surface area contributed by atoms with Crippen LogP contribution in [-0.2, 0) is 0 Å². The van der Waals surface area contributed by atoms with Gasteiger partial charge in [-0.2, -0.15) is 0 Å². The molecule has 0 saturated heterocycles. The lowest BCUT2D eigenvalue weighted by molar-refractivity contribution is 0.102. The summed E-state index contributed by atoms with van der Waals surface area (Å²) in [5.41, 5.74) is 1.62. The summed E-state index contributed by atoms with van der Waals surface area (Å²) < 4.78 is 25.9. The molecule has 0 atom stereocenters. The van der Waals surface area contributed by atoms with Gasteiger partial charge in [0.2, 0.25) is 0 Å². The van der Waals surface area contributed by atoms with E-state index in [0.29, 0.717) is 5.69 Å². The highest BCUT2D eigenvalue weighted by Gasteiger charge is 2.09. The first-order chi connectivity index (χ1) is 10.1. The third-order valence-corrected chi connectivity index (χ3v) is 2.90. The Balaban J connectivity index is 2.03. The number of nitrogens with one attached hydrogen (secondary N) is 2. The van der Waals surface area contributed by atoms with Gasteiger partial charge in [-0.25, -0.2) is 8.78 Å². The van der Waals surface area contributed by atoms with Gasteiger partial charge < -0.3 is 10.6 Å². The molecule has 1 amide bonds. The predicted molar refractivity (Wildman–Crippen MR) is 79.5 cm³/mol. The summed E-state index contributed by atoms with van der Waals surface area (Å²) in [5, 5.41) is 5.85. The standard InChI is InChI=1S/C16H16F2N2O/c1-2-9-19-12-4-6-13(7-5-12)20-16(21)11-3-8-14(17)15(18)10-11/h3-8,10,19H,2,9H2,1H3,(H,20,21). The van der Waals surface area contributed by atoms with E-state index in [4.69, 9.17) is 0 Å². The highest BCUT2D eigenvalue weighted by Crippen LogP contribution is 2.15. The molecule has 2 aromatic carbocycles. The van der Waals surface area contributed by atoms with Crippen LogP contribution in [0, 0.1) is 11.6 Å². The second-order valence-corrected chi connectivity index (χ2v) is 4.59. The van der Waals surface area contributed by atoms with Crippen LogP contribution >= 0.6 is 0 Å². The van der Waals surface area contributed by atoms with Gasteiger partial charge in [-0.1, -0.05) is 6.92 Å². The molecule has 0 aliphatic carbocycles. The van der Waals surface area contributed by atoms with Gasteiger partial charge in [0.15, 0.2) is 11.6 Å². The fourth-order valence-electron chi connectivity index (χ4n) is 1.78. The molecule has 0 heterocycles. The molecule has 0 aliphatic heterocycles. The molecule has 0 fully saturated rings. The quantitative estimate of drug-likeness (QED) is 0.872. The topological polar surface area (TPSA) is 41.1 Å². The van der Waals surface area contributed by atoms with Crippen LogP contribution in [0.2, 0.25) is 0 Å². The molecule has 0 saturated carbocycles. The van der Waals surface area contributed by atoms with Crippen molar-refractivity contribution in [3.05, 3.63) is 59.7 Å². The fourth-order valence-corrected chi connectivity index (χ4v) is 1.78. The molecule has 2 N–H and O–H groups in total. The van der Waals surface area contributed by atoms with Crippen molar-refractivity contribution in [2.24, 2.45) is 0 Å². The predicted octanol–water partition coefficient (Wildman–Crippen LogP) is 4.04. The number of rotatable bonds is 5. The molecule has 0 aromatic heterocycles. The van der Waals surface area contributed by atoms with Crippen LogP contribution in [0.4, 0.5) is 20.2 Å². The largest absolute Gasteiger partial charge is 0.385 e. The van der Waals surface area contributed by atoms with Gasteiger partial charge in [-0.05, 0) is 48.9 Å². The number of carbonyl (C=O) groups excluding carboxylic acids is 1. The lowest BCUT2D eigenvalue weighted by atomic mass is 10.2. The lowest BCUT2D eigenvalue weighted by Crippen LogP contribution is -2.12. The van der Waals surface area contributed by atoms with E-state index in [1.165, 1.54) is 6.07 Å². The van der Waals surface area contributed by atoms with E-state index in [1.54, 1.807) is 12.1 Å². The number of hydrogen-bond acceptors (Lipinski definition) is 2. The van der Waals surface area contributed by atoms with Gasteiger partial charge in [-0.3, -0.25) is 4.79 Å². The van der Waals surface area contributed by atoms with E-state index in [1.807, 2.05) is 12.1 Å². The Labute approximate surface area is 122 Å². The van der Waals surface area contributed by atoms with Crippen molar-refractivity contribution in [3.63, 3.8) is 0 Å². The highest BCUT2D eigenvalue weighted by molar-refractivity contribution is 6.04. The van der Waals surface area contributed by atoms with Gasteiger partial charge in [-0.15, -0.1) is 0 Å². The van der Waals surface area contributed by atoms with Crippen LogP contribution in [0.3, 0.4) is 0 Å². The SMILES string of the molecule is CCCNc1ccc(NC(=O)c2ccc(F)c(F)c2)cc1. The average Bonchev–Trinajstić information content (AvgIpc) is 2.49. The number of carbonyl (C=O) groups is 1. The number of hydrogen-bond donors (Lipinski definition) is 2. The molecular weight excluding hydrogens is 274 g/mol. The molecule has 3 nitrogen and oxygen atoms in total. The third-order valence-electron chi connectivity index (χ3n) is 2.90. The first kappa shape index (κ1) is 15.0. The summed E-state index contributed by atoms with van der Waals surface area (Å²) in [6, 6.07) is 10.2. The number of anilines is 2. The van der Waals surface area contributed by atoms with E-state index in [2.05, 4.69) is 17.6 Å². The molecule has 0 aliphatic rings. The zero-order valence-electron chi connectivity index (χ0n) is 11.6. The highest BCUT2D eigenvalue weighted by atomic mass is 19.2. The van der Waals surface area contributed by atoms with Gasteiger partial charge in [0.05, 0.1) is 0 Å². The maximum Gasteiger partial charge on any atom is 0.255 e. The van der Waals surface area contributed by atoms with Crippen LogP contribution in [-0.4, -0.2) is 12.5 Å². The summed E-state index contributed by atoms with van der Waals surface area (Å²) in [7, 11) is 0.